The van der Waals surface area contributed by atoms with E-state index >= 15 is 0 Å². The summed E-state index contributed by atoms with van der Waals surface area (Å²) in [5.74, 6) is 2.33. The minimum absolute atomic E-state index is 0.726. The maximum atomic E-state index is 4.32. The Hall–Kier alpha value is -1.26. The Morgan fingerprint density at radius 2 is 1.74 bits per heavy atom. The second-order valence-electron chi connectivity index (χ2n) is 4.41. The molecule has 5 nitrogen and oxygen atoms in total. The van der Waals surface area contributed by atoms with Crippen LogP contribution in [-0.2, 0) is 0 Å². The van der Waals surface area contributed by atoms with Crippen molar-refractivity contribution >= 4 is 11.9 Å². The van der Waals surface area contributed by atoms with E-state index in [1.807, 2.05) is 46.7 Å². The fourth-order valence-corrected chi connectivity index (χ4v) is 1.99. The van der Waals surface area contributed by atoms with Crippen LogP contribution in [0, 0.1) is 5.92 Å². The van der Waals surface area contributed by atoms with Gasteiger partial charge in [-0.15, -0.1) is 5.10 Å². The summed E-state index contributed by atoms with van der Waals surface area (Å²) in [5.41, 5.74) is 0. The van der Waals surface area contributed by atoms with Gasteiger partial charge in [-0.1, -0.05) is 40.5 Å². The first-order valence-electron chi connectivity index (χ1n) is 7.59. The summed E-state index contributed by atoms with van der Waals surface area (Å²) in [4.78, 5) is 6.21. The molecule has 0 amide bonds. The van der Waals surface area contributed by atoms with Crippen molar-refractivity contribution < 1.29 is 0 Å². The van der Waals surface area contributed by atoms with Gasteiger partial charge in [0.2, 0.25) is 11.9 Å². The average molecular weight is 269 g/mol. The van der Waals surface area contributed by atoms with E-state index in [-0.39, 0.29) is 0 Å². The van der Waals surface area contributed by atoms with Crippen molar-refractivity contribution in [2.75, 3.05) is 30.9 Å². The van der Waals surface area contributed by atoms with Gasteiger partial charge in [-0.3, -0.25) is 0 Å². The molecule has 1 heterocycles. The lowest BCUT2D eigenvalue weighted by molar-refractivity contribution is 0.578. The molecule has 2 N–H and O–H groups in total. The minimum Gasteiger partial charge on any atom is -0.354 e. The molecule has 0 saturated heterocycles. The average Bonchev–Trinajstić information content (AvgIpc) is 3.12. The van der Waals surface area contributed by atoms with E-state index < -0.39 is 0 Å². The van der Waals surface area contributed by atoms with Crippen molar-refractivity contribution in [3.63, 3.8) is 0 Å². The monoisotopic (exact) mass is 269 g/mol. The van der Waals surface area contributed by atoms with E-state index in [0.29, 0.717) is 0 Å². The Balaban J connectivity index is 0.000000741. The summed E-state index contributed by atoms with van der Waals surface area (Å²) in [5, 5.41) is 10.3. The zero-order valence-electron chi connectivity index (χ0n) is 13.5. The topological polar surface area (TPSA) is 56.8 Å². The maximum absolute atomic E-state index is 4.32. The fourth-order valence-electron chi connectivity index (χ4n) is 1.99. The molecule has 2 rings (SSSR count). The fraction of sp³-hybridized carbons (Fsp3) is 0.857. The third-order valence-electron chi connectivity index (χ3n) is 2.91. The van der Waals surface area contributed by atoms with Crippen molar-refractivity contribution in [3.05, 3.63) is 0 Å². The van der Waals surface area contributed by atoms with Crippen LogP contribution < -0.4 is 10.2 Å². The summed E-state index contributed by atoms with van der Waals surface area (Å²) < 4.78 is 0. The number of nitrogens with zero attached hydrogens (tertiary/aromatic N) is 3. The van der Waals surface area contributed by atoms with Crippen LogP contribution >= 0.6 is 0 Å². The standard InChI is InChI=1S/C10H19N5.2C2H6/c1-15(2)10-12-9(13-14-10)11-7-8-5-3-4-6-8;2*1-2/h8H,3-7H2,1-2H3,(H2,11,12,13,14);2*1-2H3. The third-order valence-corrected chi connectivity index (χ3v) is 2.91. The number of H-pyrrole nitrogens is 1. The number of aromatic amines is 1. The van der Waals surface area contributed by atoms with Gasteiger partial charge in [-0.25, -0.2) is 5.10 Å². The van der Waals surface area contributed by atoms with E-state index in [2.05, 4.69) is 20.5 Å². The van der Waals surface area contributed by atoms with Gasteiger partial charge in [0.15, 0.2) is 0 Å². The third kappa shape index (κ3) is 6.45. The second-order valence-corrected chi connectivity index (χ2v) is 4.41. The summed E-state index contributed by atoms with van der Waals surface area (Å²) in [6.45, 7) is 9.02. The Kier molecular flexibility index (Phi) is 9.94. The van der Waals surface area contributed by atoms with Gasteiger partial charge >= 0.3 is 0 Å². The van der Waals surface area contributed by atoms with Gasteiger partial charge in [0.25, 0.3) is 0 Å². The lowest BCUT2D eigenvalue weighted by atomic mass is 10.1. The van der Waals surface area contributed by atoms with Crippen LogP contribution in [0.2, 0.25) is 0 Å². The molecule has 5 heteroatoms. The van der Waals surface area contributed by atoms with E-state index in [9.17, 15) is 0 Å². The van der Waals surface area contributed by atoms with Gasteiger partial charge in [0.05, 0.1) is 0 Å². The summed E-state index contributed by atoms with van der Waals surface area (Å²) in [6.07, 6.45) is 5.46. The molecule has 19 heavy (non-hydrogen) atoms. The van der Waals surface area contributed by atoms with E-state index in [4.69, 9.17) is 0 Å². The van der Waals surface area contributed by atoms with Crippen molar-refractivity contribution in [1.82, 2.24) is 15.2 Å². The smallest absolute Gasteiger partial charge is 0.245 e. The van der Waals surface area contributed by atoms with Gasteiger partial charge in [0, 0.05) is 20.6 Å². The number of hydrogen-bond donors (Lipinski definition) is 2. The molecule has 0 aromatic carbocycles. The quantitative estimate of drug-likeness (QED) is 0.878. The molecule has 0 atom stereocenters. The first-order valence-corrected chi connectivity index (χ1v) is 7.59. The van der Waals surface area contributed by atoms with E-state index in [1.165, 1.54) is 25.7 Å². The second kappa shape index (κ2) is 10.6. The molecule has 0 unspecified atom stereocenters. The summed E-state index contributed by atoms with van der Waals surface area (Å²) >= 11 is 0. The van der Waals surface area contributed by atoms with Crippen LogP contribution in [0.1, 0.15) is 53.4 Å². The van der Waals surface area contributed by atoms with Gasteiger partial charge in [0.1, 0.15) is 0 Å². The highest BCUT2D eigenvalue weighted by Crippen LogP contribution is 2.24. The number of anilines is 2. The van der Waals surface area contributed by atoms with Gasteiger partial charge in [-0.2, -0.15) is 4.98 Å². The Bertz CT molecular complexity index is 303. The number of rotatable bonds is 4. The normalized spacial score (nSPS) is 14.0. The maximum Gasteiger partial charge on any atom is 0.245 e. The summed E-state index contributed by atoms with van der Waals surface area (Å²) in [6, 6.07) is 0. The number of aromatic nitrogens is 3. The van der Waals surface area contributed by atoms with Crippen molar-refractivity contribution in [3.8, 4) is 0 Å². The van der Waals surface area contributed by atoms with Crippen molar-refractivity contribution in [1.29, 1.82) is 0 Å². The molecule has 0 aliphatic heterocycles. The van der Waals surface area contributed by atoms with Crippen LogP contribution in [0.4, 0.5) is 11.9 Å². The van der Waals surface area contributed by atoms with Crippen molar-refractivity contribution in [2.24, 2.45) is 5.92 Å². The Labute approximate surface area is 118 Å². The molecular weight excluding hydrogens is 238 g/mol. The van der Waals surface area contributed by atoms with E-state index in [0.717, 1.165) is 24.4 Å². The molecule has 1 aliphatic carbocycles. The van der Waals surface area contributed by atoms with E-state index in [1.54, 1.807) is 0 Å². The lowest BCUT2D eigenvalue weighted by Crippen LogP contribution is -2.12. The molecule has 1 aliphatic rings. The molecule has 1 aromatic rings. The van der Waals surface area contributed by atoms with Crippen molar-refractivity contribution in [2.45, 2.75) is 53.4 Å². The van der Waals surface area contributed by atoms with Gasteiger partial charge in [-0.05, 0) is 18.8 Å². The highest BCUT2D eigenvalue weighted by molar-refractivity contribution is 5.34. The van der Waals surface area contributed by atoms with Crippen LogP contribution in [0.3, 0.4) is 0 Å². The van der Waals surface area contributed by atoms with Crippen LogP contribution in [0.25, 0.3) is 0 Å². The molecule has 1 fully saturated rings. The van der Waals surface area contributed by atoms with Crippen LogP contribution in [0.15, 0.2) is 0 Å². The zero-order valence-corrected chi connectivity index (χ0v) is 13.5. The van der Waals surface area contributed by atoms with Crippen LogP contribution in [-0.4, -0.2) is 35.8 Å². The summed E-state index contributed by atoms with van der Waals surface area (Å²) in [7, 11) is 3.87. The predicted molar refractivity (Wildman–Crippen MR) is 83.9 cm³/mol. The lowest BCUT2D eigenvalue weighted by Gasteiger charge is -2.08. The molecule has 1 aromatic heterocycles. The molecule has 0 spiro atoms. The first kappa shape index (κ1) is 17.7. The number of hydrogen-bond acceptors (Lipinski definition) is 4. The minimum atomic E-state index is 0.726. The Morgan fingerprint density at radius 1 is 1.16 bits per heavy atom. The zero-order chi connectivity index (χ0) is 14.7. The first-order chi connectivity index (χ1) is 9.25. The highest BCUT2D eigenvalue weighted by Gasteiger charge is 2.15. The highest BCUT2D eigenvalue weighted by atomic mass is 15.4. The molecule has 0 radical (unpaired) electrons. The predicted octanol–water partition coefficient (Wildman–Crippen LogP) is 3.53. The number of nitrogens with one attached hydrogen (secondary N) is 2. The molecule has 112 valence electrons. The molecule has 0 bridgehead atoms. The van der Waals surface area contributed by atoms with Gasteiger partial charge < -0.3 is 10.2 Å². The molecular formula is C14H31N5. The SMILES string of the molecule is CC.CC.CN(C)c1n[nH]c(NCC2CCCC2)n1. The Morgan fingerprint density at radius 3 is 2.21 bits per heavy atom. The largest absolute Gasteiger partial charge is 0.354 e. The van der Waals surface area contributed by atoms with Crippen LogP contribution in [0.5, 0.6) is 0 Å². The molecule has 1 saturated carbocycles.